The predicted octanol–water partition coefficient (Wildman–Crippen LogP) is -0.0842. The van der Waals surface area contributed by atoms with Gasteiger partial charge in [0.15, 0.2) is 0 Å². The van der Waals surface area contributed by atoms with E-state index in [1.54, 1.807) is 6.07 Å². The van der Waals surface area contributed by atoms with Crippen LogP contribution in [0.1, 0.15) is 42.6 Å². The van der Waals surface area contributed by atoms with Crippen molar-refractivity contribution in [2.75, 3.05) is 13.2 Å². The van der Waals surface area contributed by atoms with Gasteiger partial charge in [0.05, 0.1) is 18.3 Å². The number of nitrogens with zero attached hydrogens (tertiary/aromatic N) is 3. The highest BCUT2D eigenvalue weighted by atomic mass is 19.1. The normalized spacial score (nSPS) is 24.5. The predicted molar refractivity (Wildman–Crippen MR) is 114 cm³/mol. The molecular weight excluding hydrogens is 449 g/mol. The molecule has 0 radical (unpaired) electrons. The van der Waals surface area contributed by atoms with E-state index in [4.69, 9.17) is 10.00 Å². The lowest BCUT2D eigenvalue weighted by Gasteiger charge is -2.41. The maximum atomic E-state index is 13.4. The van der Waals surface area contributed by atoms with Crippen molar-refractivity contribution in [3.63, 3.8) is 0 Å². The Labute approximate surface area is 195 Å². The second kappa shape index (κ2) is 10.6. The van der Waals surface area contributed by atoms with Crippen molar-refractivity contribution in [3.8, 4) is 6.07 Å². The van der Waals surface area contributed by atoms with Crippen LogP contribution in [0.3, 0.4) is 0 Å². The summed E-state index contributed by atoms with van der Waals surface area (Å²) in [6, 6.07) is 4.96. The van der Waals surface area contributed by atoms with Gasteiger partial charge in [0.25, 0.3) is 11.8 Å². The van der Waals surface area contributed by atoms with Gasteiger partial charge >= 0.3 is 0 Å². The molecule has 4 N–H and O–H groups in total. The van der Waals surface area contributed by atoms with E-state index < -0.39 is 42.2 Å². The highest BCUT2D eigenvalue weighted by Gasteiger charge is 2.42. The summed E-state index contributed by atoms with van der Waals surface area (Å²) >= 11 is 0. The number of benzene rings is 1. The Balaban J connectivity index is 1.56. The number of hydrogen-bond acceptors (Lipinski definition) is 8. The van der Waals surface area contributed by atoms with Gasteiger partial charge in [0.1, 0.15) is 18.1 Å². The van der Waals surface area contributed by atoms with E-state index in [0.29, 0.717) is 6.42 Å². The molecule has 4 atom stereocenters. The van der Waals surface area contributed by atoms with Crippen LogP contribution in [0.2, 0.25) is 0 Å². The molecule has 3 rings (SSSR count). The molecule has 182 valence electrons. The topological polar surface area (TPSA) is 155 Å². The van der Waals surface area contributed by atoms with Crippen LogP contribution in [0.4, 0.5) is 4.39 Å². The van der Waals surface area contributed by atoms with Gasteiger partial charge in [-0.3, -0.25) is 19.8 Å². The van der Waals surface area contributed by atoms with E-state index in [-0.39, 0.29) is 42.2 Å². The molecule has 12 heteroatoms. The van der Waals surface area contributed by atoms with E-state index in [1.807, 2.05) is 6.92 Å². The molecule has 0 bridgehead atoms. The third-order valence-corrected chi connectivity index (χ3v) is 5.68. The number of amides is 3. The molecule has 0 saturated carbocycles. The zero-order valence-electron chi connectivity index (χ0n) is 18.7. The van der Waals surface area contributed by atoms with Crippen LogP contribution in [-0.2, 0) is 14.3 Å². The molecule has 1 aromatic rings. The Kier molecular flexibility index (Phi) is 7.83. The molecule has 1 aromatic carbocycles. The molecule has 2 aliphatic heterocycles. The highest BCUT2D eigenvalue weighted by Crippen LogP contribution is 2.31. The number of halogens is 1. The molecule has 3 amide bonds. The van der Waals surface area contributed by atoms with Crippen molar-refractivity contribution in [2.45, 2.75) is 45.4 Å². The Morgan fingerprint density at radius 1 is 1.38 bits per heavy atom. The Morgan fingerprint density at radius 2 is 2.12 bits per heavy atom. The van der Waals surface area contributed by atoms with Crippen molar-refractivity contribution in [2.24, 2.45) is 5.92 Å². The van der Waals surface area contributed by atoms with Gasteiger partial charge in [-0.05, 0) is 37.5 Å². The summed E-state index contributed by atoms with van der Waals surface area (Å²) in [7, 11) is 0. The van der Waals surface area contributed by atoms with Crippen molar-refractivity contribution < 1.29 is 33.7 Å². The second-order valence-corrected chi connectivity index (χ2v) is 8.15. The number of nitriles is 1. The van der Waals surface area contributed by atoms with Gasteiger partial charge in [0.2, 0.25) is 12.3 Å². The molecule has 2 heterocycles. The average Bonchev–Trinajstić information content (AvgIpc) is 3.19. The summed E-state index contributed by atoms with van der Waals surface area (Å²) in [5.41, 5.74) is 2.38. The molecule has 0 aliphatic carbocycles. The molecule has 2 aliphatic rings. The minimum absolute atomic E-state index is 0.0329. The summed E-state index contributed by atoms with van der Waals surface area (Å²) in [5, 5.41) is 32.2. The average molecular weight is 475 g/mol. The standard InChI is InChI=1S/C22H26FN5O6/c1-12-7-19(34-17(12)11-29)27-10-13(2)21(32)28(22(27)33)26-18(30)5-6-25-20(31)14-3-4-16(23)15(8-14)9-24/h3-4,8,10,12,17,19,22,29,33H,5-7,11H2,1-2H3,(H,25,31)(H,26,30)/t12-,17+,19+,22?/m0/s1. The second-order valence-electron chi connectivity index (χ2n) is 8.15. The van der Waals surface area contributed by atoms with Crippen LogP contribution >= 0.6 is 0 Å². The first-order chi connectivity index (χ1) is 16.2. The highest BCUT2D eigenvalue weighted by molar-refractivity contribution is 5.96. The summed E-state index contributed by atoms with van der Waals surface area (Å²) in [6.45, 7) is 3.15. The molecule has 1 fully saturated rings. The number of hydrogen-bond donors (Lipinski definition) is 4. The Morgan fingerprint density at radius 3 is 2.76 bits per heavy atom. The van der Waals surface area contributed by atoms with E-state index in [9.17, 15) is 29.0 Å². The van der Waals surface area contributed by atoms with Crippen LogP contribution < -0.4 is 10.7 Å². The molecule has 1 unspecified atom stereocenters. The number of ether oxygens (including phenoxy) is 1. The van der Waals surface area contributed by atoms with Gasteiger partial charge in [-0.25, -0.2) is 9.40 Å². The first-order valence-corrected chi connectivity index (χ1v) is 10.7. The lowest BCUT2D eigenvalue weighted by Crippen LogP contribution is -2.62. The SMILES string of the molecule is CC1=CN([C@H]2C[C@H](C)[C@@H](CO)O2)C(O)N(NC(=O)CCNC(=O)c2ccc(F)c(C#N)c2)C1=O. The minimum Gasteiger partial charge on any atom is -0.394 e. The number of aliphatic hydroxyl groups is 2. The Hall–Kier alpha value is -3.53. The largest absolute Gasteiger partial charge is 0.394 e. The van der Waals surface area contributed by atoms with Crippen LogP contribution in [0, 0.1) is 23.1 Å². The van der Waals surface area contributed by atoms with Crippen LogP contribution in [0.15, 0.2) is 30.0 Å². The fraction of sp³-hybridized carbons (Fsp3) is 0.455. The minimum atomic E-state index is -1.53. The fourth-order valence-corrected chi connectivity index (χ4v) is 3.72. The summed E-state index contributed by atoms with van der Waals surface area (Å²) in [5.74, 6) is -2.57. The maximum Gasteiger partial charge on any atom is 0.273 e. The smallest absolute Gasteiger partial charge is 0.273 e. The Bertz CT molecular complexity index is 1040. The van der Waals surface area contributed by atoms with Gasteiger partial charge in [0, 0.05) is 30.3 Å². The molecule has 1 saturated heterocycles. The van der Waals surface area contributed by atoms with Crippen LogP contribution in [0.5, 0.6) is 0 Å². The zero-order valence-corrected chi connectivity index (χ0v) is 18.7. The van der Waals surface area contributed by atoms with E-state index in [2.05, 4.69) is 10.7 Å². The number of nitrogens with one attached hydrogen (secondary N) is 2. The summed E-state index contributed by atoms with van der Waals surface area (Å²) in [6.07, 6.45) is -0.803. The van der Waals surface area contributed by atoms with Crippen molar-refractivity contribution in [1.29, 1.82) is 5.26 Å². The van der Waals surface area contributed by atoms with Crippen LogP contribution in [-0.4, -0.2) is 69.7 Å². The van der Waals surface area contributed by atoms with Gasteiger partial charge in [-0.15, -0.1) is 0 Å². The molecule has 0 aromatic heterocycles. The van der Waals surface area contributed by atoms with Crippen molar-refractivity contribution in [3.05, 3.63) is 46.9 Å². The van der Waals surface area contributed by atoms with Gasteiger partial charge < -0.3 is 25.2 Å². The lowest BCUT2D eigenvalue weighted by molar-refractivity contribution is -0.194. The third kappa shape index (κ3) is 5.33. The zero-order chi connectivity index (χ0) is 25.0. The van der Waals surface area contributed by atoms with Gasteiger partial charge in [-0.1, -0.05) is 6.92 Å². The van der Waals surface area contributed by atoms with Crippen molar-refractivity contribution in [1.82, 2.24) is 20.7 Å². The quantitative estimate of drug-likeness (QED) is 0.427. The molecule has 34 heavy (non-hydrogen) atoms. The number of carbonyl (C=O) groups is 3. The number of carbonyl (C=O) groups excluding carboxylic acids is 3. The monoisotopic (exact) mass is 475 g/mol. The van der Waals surface area contributed by atoms with Crippen molar-refractivity contribution >= 4 is 17.7 Å². The number of aliphatic hydroxyl groups excluding tert-OH is 2. The summed E-state index contributed by atoms with van der Waals surface area (Å²) in [4.78, 5) is 38.5. The number of hydrazine groups is 1. The van der Waals surface area contributed by atoms with Crippen LogP contribution in [0.25, 0.3) is 0 Å². The molecule has 11 nitrogen and oxygen atoms in total. The van der Waals surface area contributed by atoms with E-state index in [0.717, 1.165) is 17.1 Å². The molecule has 0 spiro atoms. The third-order valence-electron chi connectivity index (χ3n) is 5.68. The first kappa shape index (κ1) is 25.1. The van der Waals surface area contributed by atoms with E-state index >= 15 is 0 Å². The number of rotatable bonds is 7. The fourth-order valence-electron chi connectivity index (χ4n) is 3.72. The first-order valence-electron chi connectivity index (χ1n) is 10.7. The summed E-state index contributed by atoms with van der Waals surface area (Å²) < 4.78 is 19.2. The lowest BCUT2D eigenvalue weighted by atomic mass is 10.0. The van der Waals surface area contributed by atoms with E-state index in [1.165, 1.54) is 24.1 Å². The van der Waals surface area contributed by atoms with Gasteiger partial charge in [-0.2, -0.15) is 5.26 Å². The molecular formula is C22H26FN5O6. The maximum absolute atomic E-state index is 13.4.